The number of carbonyl (C=O) groups excluding carboxylic acids is 2. The third-order valence-corrected chi connectivity index (χ3v) is 6.88. The first-order chi connectivity index (χ1) is 18.6. The molecular weight excluding hydrogens is 494 g/mol. The summed E-state index contributed by atoms with van der Waals surface area (Å²) in [6.07, 6.45) is 2.62. The van der Waals surface area contributed by atoms with Gasteiger partial charge in [0.25, 0.3) is 5.91 Å². The summed E-state index contributed by atoms with van der Waals surface area (Å²) < 4.78 is 0. The number of H-pyrrole nitrogens is 1. The van der Waals surface area contributed by atoms with Gasteiger partial charge in [0.15, 0.2) is 0 Å². The molecule has 4 aromatic rings. The van der Waals surface area contributed by atoms with E-state index >= 15 is 0 Å². The topological polar surface area (TPSA) is 161 Å². The Balaban J connectivity index is 1.89. The van der Waals surface area contributed by atoms with Crippen molar-refractivity contribution in [1.82, 2.24) is 15.6 Å². The minimum absolute atomic E-state index is 0.0202. The van der Waals surface area contributed by atoms with Crippen molar-refractivity contribution in [3.05, 3.63) is 94.2 Å². The van der Waals surface area contributed by atoms with Crippen LogP contribution in [-0.4, -0.2) is 47.3 Å². The average molecular weight is 526 g/mol. The van der Waals surface area contributed by atoms with Crippen molar-refractivity contribution in [3.8, 4) is 11.1 Å². The number of nitrogens with one attached hydrogen (secondary N) is 4. The first-order valence-electron chi connectivity index (χ1n) is 12.6. The number of carboxylic acid groups (broad SMARTS) is 1. The number of aromatic nitrogens is 1. The molecule has 0 saturated heterocycles. The minimum Gasteiger partial charge on any atom is -0.478 e. The number of carbonyl (C=O) groups is 3. The number of rotatable bonds is 9. The average Bonchev–Trinajstić information content (AvgIpc) is 3.35. The van der Waals surface area contributed by atoms with Gasteiger partial charge in [0, 0.05) is 41.2 Å². The Morgan fingerprint density at radius 3 is 2.41 bits per heavy atom. The number of nitrogens with two attached hydrogens (primary N) is 1. The monoisotopic (exact) mass is 525 g/mol. The van der Waals surface area contributed by atoms with Gasteiger partial charge in [0.2, 0.25) is 5.91 Å². The van der Waals surface area contributed by atoms with E-state index in [9.17, 15) is 19.5 Å². The molecule has 4 rings (SSSR count). The molecule has 0 fully saturated rings. The molecule has 0 bridgehead atoms. The summed E-state index contributed by atoms with van der Waals surface area (Å²) >= 11 is 0. The molecule has 0 spiro atoms. The lowest BCUT2D eigenvalue weighted by atomic mass is 9.82. The Morgan fingerprint density at radius 1 is 1.00 bits per heavy atom. The zero-order chi connectivity index (χ0) is 28.3. The second-order valence-electron chi connectivity index (χ2n) is 9.39. The lowest BCUT2D eigenvalue weighted by molar-refractivity contribution is -0.119. The van der Waals surface area contributed by atoms with Crippen molar-refractivity contribution in [2.45, 2.75) is 26.2 Å². The van der Waals surface area contributed by atoms with Gasteiger partial charge in [-0.15, -0.1) is 0 Å². The Morgan fingerprint density at radius 2 is 1.74 bits per heavy atom. The largest absolute Gasteiger partial charge is 0.478 e. The molecule has 1 aromatic heterocycles. The molecular formula is C30H31N5O4. The molecule has 1 unspecified atom stereocenters. The van der Waals surface area contributed by atoms with Crippen molar-refractivity contribution in [3.63, 3.8) is 0 Å². The van der Waals surface area contributed by atoms with Gasteiger partial charge in [-0.3, -0.25) is 15.0 Å². The Kier molecular flexibility index (Phi) is 7.80. The SMILES string of the molecule is CCC(c1ccc(C(=O)NCC(=O)NC)cc1-c1ccc(C)cc1C(=O)O)c1c[nH]c2cc(C(=N)N)ccc12. The number of aromatic carboxylic acids is 1. The summed E-state index contributed by atoms with van der Waals surface area (Å²) in [4.78, 5) is 40.1. The molecule has 1 atom stereocenters. The number of nitrogen functional groups attached to an aromatic ring is 1. The highest BCUT2D eigenvalue weighted by atomic mass is 16.4. The first-order valence-corrected chi connectivity index (χ1v) is 12.6. The van der Waals surface area contributed by atoms with Crippen LogP contribution in [0.2, 0.25) is 0 Å². The zero-order valence-corrected chi connectivity index (χ0v) is 22.0. The van der Waals surface area contributed by atoms with Crippen LogP contribution in [0.15, 0.2) is 60.8 Å². The maximum Gasteiger partial charge on any atom is 0.336 e. The second kappa shape index (κ2) is 11.2. The van der Waals surface area contributed by atoms with Crippen molar-refractivity contribution < 1.29 is 19.5 Å². The summed E-state index contributed by atoms with van der Waals surface area (Å²) in [5, 5.41) is 23.8. The molecule has 39 heavy (non-hydrogen) atoms. The Labute approximate surface area is 225 Å². The smallest absolute Gasteiger partial charge is 0.336 e. The van der Waals surface area contributed by atoms with E-state index in [2.05, 4.69) is 22.5 Å². The number of amidine groups is 1. The second-order valence-corrected chi connectivity index (χ2v) is 9.39. The summed E-state index contributed by atoms with van der Waals surface area (Å²) in [5.41, 5.74) is 11.4. The summed E-state index contributed by atoms with van der Waals surface area (Å²) in [7, 11) is 1.49. The van der Waals surface area contributed by atoms with Crippen molar-refractivity contribution in [1.29, 1.82) is 5.41 Å². The van der Waals surface area contributed by atoms with Gasteiger partial charge in [0.05, 0.1) is 12.1 Å². The molecule has 0 radical (unpaired) electrons. The van der Waals surface area contributed by atoms with Crippen LogP contribution < -0.4 is 16.4 Å². The number of likely N-dealkylation sites (N-methyl/N-ethyl adjacent to an activating group) is 1. The fourth-order valence-corrected chi connectivity index (χ4v) is 4.87. The van der Waals surface area contributed by atoms with E-state index in [1.807, 2.05) is 37.4 Å². The molecule has 0 aliphatic rings. The predicted molar refractivity (Wildman–Crippen MR) is 151 cm³/mol. The number of amides is 2. The zero-order valence-electron chi connectivity index (χ0n) is 22.0. The number of benzene rings is 3. The highest BCUT2D eigenvalue weighted by Gasteiger charge is 2.24. The summed E-state index contributed by atoms with van der Waals surface area (Å²) in [6.45, 7) is 3.71. The lowest BCUT2D eigenvalue weighted by Gasteiger charge is -2.21. The number of carboxylic acids is 1. The maximum atomic E-state index is 12.9. The molecule has 200 valence electrons. The van der Waals surface area contributed by atoms with Crippen LogP contribution in [0.25, 0.3) is 22.0 Å². The van der Waals surface area contributed by atoms with E-state index in [4.69, 9.17) is 11.1 Å². The van der Waals surface area contributed by atoms with Gasteiger partial charge in [-0.1, -0.05) is 42.8 Å². The van der Waals surface area contributed by atoms with Crippen molar-refractivity contribution >= 4 is 34.5 Å². The van der Waals surface area contributed by atoms with E-state index < -0.39 is 11.9 Å². The standard InChI is InChI=1S/C30H31N5O4/c1-4-19(25-14-34-26-13-17(28(31)32)6-10-22(25)26)20-9-7-18(29(37)35-15-27(36)33-3)12-23(20)21-8-5-16(2)11-24(21)30(38)39/h5-14,19,34H,4,15H2,1-3H3,(H3,31,32)(H,33,36)(H,35,37)(H,38,39). The summed E-state index contributed by atoms with van der Waals surface area (Å²) in [6, 6.07) is 16.0. The predicted octanol–water partition coefficient (Wildman–Crippen LogP) is 4.14. The molecule has 1 heterocycles. The number of fused-ring (bicyclic) bond motifs is 1. The van der Waals surface area contributed by atoms with Crippen molar-refractivity contribution in [2.75, 3.05) is 13.6 Å². The van der Waals surface area contributed by atoms with Gasteiger partial charge in [-0.2, -0.15) is 0 Å². The number of hydrogen-bond acceptors (Lipinski definition) is 4. The lowest BCUT2D eigenvalue weighted by Crippen LogP contribution is -2.35. The Bertz CT molecular complexity index is 1600. The van der Waals surface area contributed by atoms with Gasteiger partial charge >= 0.3 is 5.97 Å². The number of hydrogen-bond donors (Lipinski definition) is 6. The van der Waals surface area contributed by atoms with E-state index in [-0.39, 0.29) is 29.8 Å². The van der Waals surface area contributed by atoms with Crippen LogP contribution in [0.5, 0.6) is 0 Å². The van der Waals surface area contributed by atoms with E-state index in [0.717, 1.165) is 27.6 Å². The van der Waals surface area contributed by atoms with Gasteiger partial charge in [0.1, 0.15) is 5.84 Å². The third kappa shape index (κ3) is 5.52. The molecule has 2 amide bonds. The van der Waals surface area contributed by atoms with Gasteiger partial charge in [-0.05, 0) is 59.9 Å². The fourth-order valence-electron chi connectivity index (χ4n) is 4.87. The number of aryl methyl sites for hydroxylation is 1. The van der Waals surface area contributed by atoms with Crippen LogP contribution in [0.1, 0.15) is 62.2 Å². The molecule has 0 aliphatic heterocycles. The van der Waals surface area contributed by atoms with E-state index in [1.54, 1.807) is 30.3 Å². The first kappa shape index (κ1) is 27.1. The molecule has 9 nitrogen and oxygen atoms in total. The molecule has 7 N–H and O–H groups in total. The molecule has 9 heteroatoms. The van der Waals surface area contributed by atoms with Crippen LogP contribution in [0.3, 0.4) is 0 Å². The van der Waals surface area contributed by atoms with Crippen LogP contribution >= 0.6 is 0 Å². The molecule has 0 saturated carbocycles. The Hall–Kier alpha value is -4.92. The van der Waals surface area contributed by atoms with E-state index in [1.165, 1.54) is 7.05 Å². The van der Waals surface area contributed by atoms with Crippen molar-refractivity contribution in [2.24, 2.45) is 5.73 Å². The third-order valence-electron chi connectivity index (χ3n) is 6.88. The highest BCUT2D eigenvalue weighted by Crippen LogP contribution is 2.40. The molecule has 0 aliphatic carbocycles. The minimum atomic E-state index is -1.06. The highest BCUT2D eigenvalue weighted by molar-refractivity contribution is 6.01. The van der Waals surface area contributed by atoms with Gasteiger partial charge in [-0.25, -0.2) is 4.79 Å². The van der Waals surface area contributed by atoms with Crippen LogP contribution in [-0.2, 0) is 4.79 Å². The van der Waals surface area contributed by atoms with Crippen LogP contribution in [0.4, 0.5) is 0 Å². The normalized spacial score (nSPS) is 11.7. The quantitative estimate of drug-likeness (QED) is 0.143. The molecule has 3 aromatic carbocycles. The maximum absolute atomic E-state index is 12.9. The van der Waals surface area contributed by atoms with Gasteiger partial charge < -0.3 is 26.5 Å². The van der Waals surface area contributed by atoms with E-state index in [0.29, 0.717) is 28.7 Å². The fraction of sp³-hybridized carbons (Fsp3) is 0.200. The summed E-state index contributed by atoms with van der Waals surface area (Å²) in [5.74, 6) is -1.99. The van der Waals surface area contributed by atoms with Crippen LogP contribution in [0, 0.1) is 12.3 Å². The number of aromatic amines is 1.